The van der Waals surface area contributed by atoms with Gasteiger partial charge in [0.1, 0.15) is 12.2 Å². The van der Waals surface area contributed by atoms with Gasteiger partial charge in [0.15, 0.2) is 11.6 Å². The molecule has 0 heterocycles. The zero-order valence-corrected chi connectivity index (χ0v) is 13.3. The van der Waals surface area contributed by atoms with Gasteiger partial charge in [0.2, 0.25) is 0 Å². The average molecular weight is 303 g/mol. The number of carbonyl (C=O) groups excluding carboxylic acids is 2. The molecule has 22 heavy (non-hydrogen) atoms. The van der Waals surface area contributed by atoms with Crippen molar-refractivity contribution in [1.29, 1.82) is 0 Å². The minimum atomic E-state index is -0.614. The molecule has 0 radical (unpaired) electrons. The molecule has 0 aliphatic heterocycles. The summed E-state index contributed by atoms with van der Waals surface area (Å²) in [7, 11) is 2.91. The van der Waals surface area contributed by atoms with Crippen molar-refractivity contribution < 1.29 is 19.1 Å². The van der Waals surface area contributed by atoms with Crippen molar-refractivity contribution in [1.82, 2.24) is 0 Å². The molecule has 1 aromatic rings. The van der Waals surface area contributed by atoms with E-state index < -0.39 is 12.2 Å². The van der Waals surface area contributed by atoms with Gasteiger partial charge < -0.3 is 14.8 Å². The Hall–Kier alpha value is -2.16. The zero-order chi connectivity index (χ0) is 16.7. The summed E-state index contributed by atoms with van der Waals surface area (Å²) in [6.07, 6.45) is 4.04. The summed E-state index contributed by atoms with van der Waals surface area (Å²) in [4.78, 5) is 24.8. The lowest BCUT2D eigenvalue weighted by Crippen LogP contribution is -2.24. The maximum atomic E-state index is 12.4. The van der Waals surface area contributed by atoms with Crippen LogP contribution in [0.2, 0.25) is 0 Å². The van der Waals surface area contributed by atoms with E-state index in [0.717, 1.165) is 0 Å². The van der Waals surface area contributed by atoms with Crippen LogP contribution in [0.1, 0.15) is 34.6 Å². The molecule has 5 nitrogen and oxygen atoms in total. The predicted molar refractivity (Wildman–Crippen MR) is 85.4 cm³/mol. The number of benzene rings is 1. The number of rotatable bonds is 8. The first kappa shape index (κ1) is 17.9. The van der Waals surface area contributed by atoms with E-state index in [2.05, 4.69) is 11.2 Å². The number of methoxy groups -OCH3 is 2. The van der Waals surface area contributed by atoms with E-state index in [4.69, 9.17) is 15.9 Å². The van der Waals surface area contributed by atoms with Crippen LogP contribution in [-0.4, -0.2) is 44.5 Å². The van der Waals surface area contributed by atoms with E-state index >= 15 is 0 Å². The number of terminal acetylenes is 1. The van der Waals surface area contributed by atoms with Crippen LogP contribution < -0.4 is 5.32 Å². The molecule has 2 unspecified atom stereocenters. The first-order chi connectivity index (χ1) is 10.5. The van der Waals surface area contributed by atoms with E-state index in [-0.39, 0.29) is 18.1 Å². The third-order valence-corrected chi connectivity index (χ3v) is 3.41. The molecule has 1 aromatic carbocycles. The van der Waals surface area contributed by atoms with E-state index in [9.17, 15) is 9.59 Å². The highest BCUT2D eigenvalue weighted by atomic mass is 16.5. The van der Waals surface area contributed by atoms with E-state index in [0.29, 0.717) is 16.8 Å². The Bertz CT molecular complexity index is 549. The highest BCUT2D eigenvalue weighted by Gasteiger charge is 2.24. The fourth-order valence-electron chi connectivity index (χ4n) is 1.94. The standard InChI is InChI=1S/C17H21NO4/c1-6-10-18-15-13(16(19)11(2)21-4)8-7-9-14(15)17(20)12(3)22-5/h1,7-9,11-12,18H,10H2,2-5H3. The average Bonchev–Trinajstić information content (AvgIpc) is 2.56. The van der Waals surface area contributed by atoms with Gasteiger partial charge in [0.05, 0.1) is 12.2 Å². The Balaban J connectivity index is 3.36. The van der Waals surface area contributed by atoms with Crippen molar-refractivity contribution in [3.63, 3.8) is 0 Å². The molecule has 0 spiro atoms. The third-order valence-electron chi connectivity index (χ3n) is 3.41. The molecule has 0 amide bonds. The Morgan fingerprint density at radius 3 is 1.95 bits per heavy atom. The molecular weight excluding hydrogens is 282 g/mol. The molecule has 0 aromatic heterocycles. The summed E-state index contributed by atoms with van der Waals surface area (Å²) in [5, 5.41) is 2.96. The van der Waals surface area contributed by atoms with Crippen LogP contribution in [0.25, 0.3) is 0 Å². The maximum Gasteiger partial charge on any atom is 0.193 e. The van der Waals surface area contributed by atoms with Crippen LogP contribution in [0.3, 0.4) is 0 Å². The second-order valence-electron chi connectivity index (χ2n) is 4.77. The maximum absolute atomic E-state index is 12.4. The van der Waals surface area contributed by atoms with E-state index in [1.807, 2.05) is 0 Å². The Kier molecular flexibility index (Phi) is 6.77. The summed E-state index contributed by atoms with van der Waals surface area (Å²) in [6, 6.07) is 4.95. The van der Waals surface area contributed by atoms with Crippen molar-refractivity contribution >= 4 is 17.3 Å². The number of nitrogens with one attached hydrogen (secondary N) is 1. The minimum Gasteiger partial charge on any atom is -0.374 e. The molecule has 0 aliphatic carbocycles. The highest BCUT2D eigenvalue weighted by Crippen LogP contribution is 2.25. The summed E-state index contributed by atoms with van der Waals surface area (Å²) in [5.41, 5.74) is 1.17. The number of ketones is 2. The van der Waals surface area contributed by atoms with Crippen LogP contribution >= 0.6 is 0 Å². The zero-order valence-electron chi connectivity index (χ0n) is 13.3. The minimum absolute atomic E-state index is 0.202. The van der Waals surface area contributed by atoms with Gasteiger partial charge in [-0.3, -0.25) is 9.59 Å². The fourth-order valence-corrected chi connectivity index (χ4v) is 1.94. The number of Topliss-reactive ketones (excluding diaryl/α,β-unsaturated/α-hetero) is 2. The molecule has 2 atom stereocenters. The summed E-state index contributed by atoms with van der Waals surface area (Å²) < 4.78 is 10.1. The van der Waals surface area contributed by atoms with Crippen molar-refractivity contribution in [3.8, 4) is 12.3 Å². The number of carbonyl (C=O) groups is 2. The molecule has 0 saturated heterocycles. The normalized spacial score (nSPS) is 13.0. The van der Waals surface area contributed by atoms with Crippen LogP contribution in [0.4, 0.5) is 5.69 Å². The highest BCUT2D eigenvalue weighted by molar-refractivity contribution is 6.11. The summed E-state index contributed by atoms with van der Waals surface area (Å²) in [5.74, 6) is 2.00. The van der Waals surface area contributed by atoms with Gasteiger partial charge in [-0.15, -0.1) is 6.42 Å². The second-order valence-corrected chi connectivity index (χ2v) is 4.77. The Labute approximate surface area is 131 Å². The van der Waals surface area contributed by atoms with Crippen molar-refractivity contribution in [3.05, 3.63) is 29.3 Å². The molecule has 1 rings (SSSR count). The topological polar surface area (TPSA) is 64.6 Å². The van der Waals surface area contributed by atoms with Gasteiger partial charge >= 0.3 is 0 Å². The Morgan fingerprint density at radius 2 is 1.59 bits per heavy atom. The van der Waals surface area contributed by atoms with Gasteiger partial charge in [0.25, 0.3) is 0 Å². The lowest BCUT2D eigenvalue weighted by atomic mass is 9.97. The van der Waals surface area contributed by atoms with Crippen molar-refractivity contribution in [2.24, 2.45) is 0 Å². The molecule has 1 N–H and O–H groups in total. The molecular formula is C17H21NO4. The number of anilines is 1. The van der Waals surface area contributed by atoms with Gasteiger partial charge in [-0.25, -0.2) is 0 Å². The lowest BCUT2D eigenvalue weighted by molar-refractivity contribution is 0.0652. The number of para-hydroxylation sites is 1. The first-order valence-electron chi connectivity index (χ1n) is 6.92. The first-order valence-corrected chi connectivity index (χ1v) is 6.92. The van der Waals surface area contributed by atoms with Crippen LogP contribution in [0.5, 0.6) is 0 Å². The quantitative estimate of drug-likeness (QED) is 0.589. The van der Waals surface area contributed by atoms with Crippen LogP contribution in [-0.2, 0) is 9.47 Å². The molecule has 118 valence electrons. The number of hydrogen-bond donors (Lipinski definition) is 1. The number of hydrogen-bond acceptors (Lipinski definition) is 5. The molecule has 0 bridgehead atoms. The summed E-state index contributed by atoms with van der Waals surface area (Å²) >= 11 is 0. The van der Waals surface area contributed by atoms with Crippen molar-refractivity contribution in [2.75, 3.05) is 26.1 Å². The molecule has 0 saturated carbocycles. The SMILES string of the molecule is C#CCNc1c(C(=O)C(C)OC)cccc1C(=O)C(C)OC. The van der Waals surface area contributed by atoms with E-state index in [1.165, 1.54) is 14.2 Å². The largest absolute Gasteiger partial charge is 0.374 e. The van der Waals surface area contributed by atoms with Crippen LogP contribution in [0, 0.1) is 12.3 Å². The van der Waals surface area contributed by atoms with Crippen LogP contribution in [0.15, 0.2) is 18.2 Å². The lowest BCUT2D eigenvalue weighted by Gasteiger charge is -2.18. The predicted octanol–water partition coefficient (Wildman–Crippen LogP) is 2.17. The van der Waals surface area contributed by atoms with Gasteiger partial charge in [-0.1, -0.05) is 12.0 Å². The Morgan fingerprint density at radius 1 is 1.14 bits per heavy atom. The third kappa shape index (κ3) is 3.94. The molecule has 0 aliphatic rings. The van der Waals surface area contributed by atoms with Gasteiger partial charge in [0, 0.05) is 25.3 Å². The smallest absolute Gasteiger partial charge is 0.193 e. The van der Waals surface area contributed by atoms with Gasteiger partial charge in [-0.05, 0) is 26.0 Å². The summed E-state index contributed by atoms with van der Waals surface area (Å²) in [6.45, 7) is 3.51. The molecule has 5 heteroatoms. The van der Waals surface area contributed by atoms with Gasteiger partial charge in [-0.2, -0.15) is 0 Å². The van der Waals surface area contributed by atoms with E-state index in [1.54, 1.807) is 32.0 Å². The number of ether oxygens (including phenoxy) is 2. The monoisotopic (exact) mass is 303 g/mol. The van der Waals surface area contributed by atoms with Crippen molar-refractivity contribution in [2.45, 2.75) is 26.1 Å². The second kappa shape index (κ2) is 8.32. The fraction of sp³-hybridized carbons (Fsp3) is 0.412. The molecule has 0 fully saturated rings.